The van der Waals surface area contributed by atoms with E-state index < -0.39 is 0 Å². The topological polar surface area (TPSA) is 32.3 Å². The Hall–Kier alpha value is -0.860. The number of benzene rings is 1. The van der Waals surface area contributed by atoms with Gasteiger partial charge in [0.1, 0.15) is 0 Å². The van der Waals surface area contributed by atoms with Gasteiger partial charge in [-0.15, -0.1) is 0 Å². The van der Waals surface area contributed by atoms with Gasteiger partial charge in [0.2, 0.25) is 0 Å². The summed E-state index contributed by atoms with van der Waals surface area (Å²) in [6.45, 7) is 5.22. The molecule has 2 N–H and O–H groups in total. The Balaban J connectivity index is 2.27. The van der Waals surface area contributed by atoms with Crippen LogP contribution in [0.2, 0.25) is 0 Å². The smallest absolute Gasteiger partial charge is 0.0735 e. The first kappa shape index (κ1) is 10.7. The van der Waals surface area contributed by atoms with Crippen molar-refractivity contribution < 1.29 is 5.11 Å². The van der Waals surface area contributed by atoms with Gasteiger partial charge in [-0.25, -0.2) is 0 Å². The van der Waals surface area contributed by atoms with Gasteiger partial charge in [0.05, 0.1) is 12.1 Å². The molecule has 2 unspecified atom stereocenters. The monoisotopic (exact) mass is 205 g/mol. The van der Waals surface area contributed by atoms with E-state index in [1.165, 1.54) is 16.7 Å². The van der Waals surface area contributed by atoms with Crippen molar-refractivity contribution in [1.29, 1.82) is 0 Å². The van der Waals surface area contributed by atoms with Crippen LogP contribution in [0.15, 0.2) is 18.2 Å². The van der Waals surface area contributed by atoms with Crippen LogP contribution in [0.5, 0.6) is 0 Å². The Kier molecular flexibility index (Phi) is 3.08. The summed E-state index contributed by atoms with van der Waals surface area (Å²) in [7, 11) is 0. The molecule has 2 heteroatoms. The molecular weight excluding hydrogens is 186 g/mol. The van der Waals surface area contributed by atoms with E-state index >= 15 is 0 Å². The molecule has 1 aromatic rings. The molecule has 1 aliphatic heterocycles. The lowest BCUT2D eigenvalue weighted by Gasteiger charge is -2.30. The van der Waals surface area contributed by atoms with Crippen LogP contribution in [-0.2, 0) is 0 Å². The number of aliphatic hydroxyl groups is 1. The fourth-order valence-electron chi connectivity index (χ4n) is 2.36. The van der Waals surface area contributed by atoms with Crippen molar-refractivity contribution in [3.05, 3.63) is 34.9 Å². The van der Waals surface area contributed by atoms with Crippen molar-refractivity contribution in [3.63, 3.8) is 0 Å². The molecule has 82 valence electrons. The standard InChI is InChI=1S/C13H19NO/c1-9-5-6-11(10(2)8-9)13-12(15)4-3-7-14-13/h5-6,8,12-15H,3-4,7H2,1-2H3. The van der Waals surface area contributed by atoms with Crippen molar-refractivity contribution in [1.82, 2.24) is 5.32 Å². The Morgan fingerprint density at radius 2 is 2.13 bits per heavy atom. The minimum Gasteiger partial charge on any atom is -0.391 e. The van der Waals surface area contributed by atoms with Crippen LogP contribution in [0.1, 0.15) is 35.6 Å². The van der Waals surface area contributed by atoms with Crippen LogP contribution in [0, 0.1) is 13.8 Å². The molecule has 2 nitrogen and oxygen atoms in total. The van der Waals surface area contributed by atoms with E-state index in [0.717, 1.165) is 19.4 Å². The molecule has 1 saturated heterocycles. The molecule has 2 rings (SSSR count). The van der Waals surface area contributed by atoms with Gasteiger partial charge in [0.15, 0.2) is 0 Å². The third-order valence-electron chi connectivity index (χ3n) is 3.19. The van der Waals surface area contributed by atoms with Gasteiger partial charge in [-0.2, -0.15) is 0 Å². The van der Waals surface area contributed by atoms with E-state index in [2.05, 4.69) is 37.4 Å². The maximum absolute atomic E-state index is 9.95. The lowest BCUT2D eigenvalue weighted by molar-refractivity contribution is 0.0962. The summed E-state index contributed by atoms with van der Waals surface area (Å²) in [4.78, 5) is 0. The van der Waals surface area contributed by atoms with Crippen LogP contribution >= 0.6 is 0 Å². The Morgan fingerprint density at radius 3 is 2.80 bits per heavy atom. The Labute approximate surface area is 91.3 Å². The number of piperidine rings is 1. The third kappa shape index (κ3) is 2.21. The molecule has 0 radical (unpaired) electrons. The summed E-state index contributed by atoms with van der Waals surface area (Å²) in [5, 5.41) is 13.3. The molecule has 0 amide bonds. The number of hydrogen-bond donors (Lipinski definition) is 2. The predicted octanol–water partition coefficient (Wildman–Crippen LogP) is 2.09. The summed E-state index contributed by atoms with van der Waals surface area (Å²) in [6, 6.07) is 6.56. The van der Waals surface area contributed by atoms with E-state index in [0.29, 0.717) is 0 Å². The minimum absolute atomic E-state index is 0.124. The van der Waals surface area contributed by atoms with E-state index in [4.69, 9.17) is 0 Å². The van der Waals surface area contributed by atoms with Crippen LogP contribution in [0.25, 0.3) is 0 Å². The molecule has 2 atom stereocenters. The van der Waals surface area contributed by atoms with Gasteiger partial charge in [-0.3, -0.25) is 0 Å². The van der Waals surface area contributed by atoms with E-state index in [1.54, 1.807) is 0 Å². The number of rotatable bonds is 1. The number of aryl methyl sites for hydroxylation is 2. The fourth-order valence-corrected chi connectivity index (χ4v) is 2.36. The second-order valence-electron chi connectivity index (χ2n) is 4.50. The number of hydrogen-bond acceptors (Lipinski definition) is 2. The Bertz CT molecular complexity index is 348. The Morgan fingerprint density at radius 1 is 1.33 bits per heavy atom. The number of nitrogens with one attached hydrogen (secondary N) is 1. The third-order valence-corrected chi connectivity index (χ3v) is 3.19. The fraction of sp³-hybridized carbons (Fsp3) is 0.538. The molecule has 1 heterocycles. The van der Waals surface area contributed by atoms with Crippen molar-refractivity contribution in [2.75, 3.05) is 6.54 Å². The van der Waals surface area contributed by atoms with Crippen molar-refractivity contribution in [2.24, 2.45) is 0 Å². The maximum Gasteiger partial charge on any atom is 0.0735 e. The quantitative estimate of drug-likeness (QED) is 0.735. The van der Waals surface area contributed by atoms with Crippen LogP contribution in [-0.4, -0.2) is 17.8 Å². The molecule has 1 fully saturated rings. The molecular formula is C13H19NO. The highest BCUT2D eigenvalue weighted by molar-refractivity contribution is 5.33. The highest BCUT2D eigenvalue weighted by Gasteiger charge is 2.24. The molecule has 1 aliphatic rings. The first-order valence-corrected chi connectivity index (χ1v) is 5.67. The first-order chi connectivity index (χ1) is 7.18. The molecule has 0 spiro atoms. The molecule has 0 aliphatic carbocycles. The molecule has 0 saturated carbocycles. The van der Waals surface area contributed by atoms with E-state index in [1.807, 2.05) is 0 Å². The van der Waals surface area contributed by atoms with Gasteiger partial charge in [0.25, 0.3) is 0 Å². The molecule has 0 bridgehead atoms. The summed E-state index contributed by atoms with van der Waals surface area (Å²) >= 11 is 0. The molecule has 1 aromatic carbocycles. The summed E-state index contributed by atoms with van der Waals surface area (Å²) in [6.07, 6.45) is 1.74. The molecule has 15 heavy (non-hydrogen) atoms. The molecule has 0 aromatic heterocycles. The number of aliphatic hydroxyl groups excluding tert-OH is 1. The average molecular weight is 205 g/mol. The maximum atomic E-state index is 9.95. The first-order valence-electron chi connectivity index (χ1n) is 5.67. The normalized spacial score (nSPS) is 26.6. The minimum atomic E-state index is -0.236. The summed E-state index contributed by atoms with van der Waals surface area (Å²) in [5.74, 6) is 0. The second-order valence-corrected chi connectivity index (χ2v) is 4.50. The average Bonchev–Trinajstić information content (AvgIpc) is 2.20. The van der Waals surface area contributed by atoms with Crippen molar-refractivity contribution in [3.8, 4) is 0 Å². The van der Waals surface area contributed by atoms with Gasteiger partial charge < -0.3 is 10.4 Å². The van der Waals surface area contributed by atoms with Crippen LogP contribution < -0.4 is 5.32 Å². The van der Waals surface area contributed by atoms with Gasteiger partial charge in [-0.1, -0.05) is 23.8 Å². The summed E-state index contributed by atoms with van der Waals surface area (Å²) in [5.41, 5.74) is 3.79. The highest BCUT2D eigenvalue weighted by atomic mass is 16.3. The van der Waals surface area contributed by atoms with E-state index in [9.17, 15) is 5.11 Å². The largest absolute Gasteiger partial charge is 0.391 e. The highest BCUT2D eigenvalue weighted by Crippen LogP contribution is 2.26. The van der Waals surface area contributed by atoms with Crippen LogP contribution in [0.3, 0.4) is 0 Å². The van der Waals surface area contributed by atoms with Gasteiger partial charge in [-0.05, 0) is 44.4 Å². The zero-order valence-corrected chi connectivity index (χ0v) is 9.46. The van der Waals surface area contributed by atoms with Gasteiger partial charge in [0, 0.05) is 0 Å². The lowest BCUT2D eigenvalue weighted by Crippen LogP contribution is -2.37. The van der Waals surface area contributed by atoms with Crippen molar-refractivity contribution in [2.45, 2.75) is 38.8 Å². The predicted molar refractivity (Wildman–Crippen MR) is 61.9 cm³/mol. The SMILES string of the molecule is Cc1ccc(C2NCCCC2O)c(C)c1. The zero-order valence-electron chi connectivity index (χ0n) is 9.46. The second kappa shape index (κ2) is 4.33. The lowest BCUT2D eigenvalue weighted by atomic mass is 9.91. The zero-order chi connectivity index (χ0) is 10.8. The van der Waals surface area contributed by atoms with E-state index in [-0.39, 0.29) is 12.1 Å². The summed E-state index contributed by atoms with van der Waals surface area (Å²) < 4.78 is 0. The van der Waals surface area contributed by atoms with Crippen molar-refractivity contribution >= 4 is 0 Å². The van der Waals surface area contributed by atoms with Gasteiger partial charge >= 0.3 is 0 Å². The van der Waals surface area contributed by atoms with Crippen LogP contribution in [0.4, 0.5) is 0 Å².